The quantitative estimate of drug-likeness (QED) is 0.796. The summed E-state index contributed by atoms with van der Waals surface area (Å²) in [5.74, 6) is -0.691. The first-order chi connectivity index (χ1) is 10.2. The molecule has 0 unspecified atom stereocenters. The fraction of sp³-hybridized carbons (Fsp3) is 0.133. The van der Waals surface area contributed by atoms with Gasteiger partial charge in [0.2, 0.25) is 5.69 Å². The molecule has 0 saturated heterocycles. The van der Waals surface area contributed by atoms with Crippen molar-refractivity contribution in [1.29, 1.82) is 0 Å². The van der Waals surface area contributed by atoms with E-state index in [0.717, 1.165) is 11.1 Å². The molecule has 0 amide bonds. The van der Waals surface area contributed by atoms with Gasteiger partial charge in [0.05, 0.1) is 12.8 Å². The second-order valence-electron chi connectivity index (χ2n) is 4.65. The lowest BCUT2D eigenvalue weighted by Gasteiger charge is -2.07. The number of hydrogen-bond donors (Lipinski definition) is 1. The second kappa shape index (κ2) is 5.24. The van der Waals surface area contributed by atoms with Crippen LogP contribution in [0.25, 0.3) is 11.5 Å². The molecule has 3 rings (SSSR count). The zero-order valence-electron chi connectivity index (χ0n) is 11.4. The van der Waals surface area contributed by atoms with E-state index in [1.165, 1.54) is 6.26 Å². The van der Waals surface area contributed by atoms with Gasteiger partial charge in [0.25, 0.3) is 0 Å². The summed E-state index contributed by atoms with van der Waals surface area (Å²) in [6.45, 7) is 2.43. The summed E-state index contributed by atoms with van der Waals surface area (Å²) in [6.07, 6.45) is 1.49. The molecule has 3 aromatic rings. The molecule has 1 N–H and O–H groups in total. The maximum absolute atomic E-state index is 11.3. The van der Waals surface area contributed by atoms with Crippen molar-refractivity contribution < 1.29 is 14.3 Å². The predicted molar refractivity (Wildman–Crippen MR) is 75.0 cm³/mol. The maximum Gasteiger partial charge on any atom is 0.358 e. The number of aromatic carboxylic acids is 1. The van der Waals surface area contributed by atoms with Gasteiger partial charge in [-0.1, -0.05) is 29.5 Å². The Morgan fingerprint density at radius 3 is 2.76 bits per heavy atom. The fourth-order valence-electron chi connectivity index (χ4n) is 2.17. The maximum atomic E-state index is 11.3. The fourth-order valence-corrected chi connectivity index (χ4v) is 2.17. The Bertz CT molecular complexity index is 775. The summed E-state index contributed by atoms with van der Waals surface area (Å²) < 4.78 is 6.86. The third-order valence-corrected chi connectivity index (χ3v) is 3.27. The highest BCUT2D eigenvalue weighted by Gasteiger charge is 2.22. The number of furan rings is 1. The molecule has 0 aliphatic carbocycles. The number of carboxylic acids is 1. The molecule has 0 atom stereocenters. The van der Waals surface area contributed by atoms with Crippen molar-refractivity contribution >= 4 is 5.97 Å². The van der Waals surface area contributed by atoms with Crippen molar-refractivity contribution in [2.75, 3.05) is 0 Å². The lowest BCUT2D eigenvalue weighted by atomic mass is 10.1. The Morgan fingerprint density at radius 2 is 2.10 bits per heavy atom. The van der Waals surface area contributed by atoms with Gasteiger partial charge in [0.15, 0.2) is 5.76 Å². The summed E-state index contributed by atoms with van der Waals surface area (Å²) in [5.41, 5.74) is 2.41. The smallest absolute Gasteiger partial charge is 0.358 e. The Hall–Kier alpha value is -2.89. The van der Waals surface area contributed by atoms with E-state index in [-0.39, 0.29) is 5.69 Å². The largest absolute Gasteiger partial charge is 0.476 e. The number of aromatic nitrogens is 3. The minimum atomic E-state index is -1.13. The molecule has 1 aromatic carbocycles. The molecule has 21 heavy (non-hydrogen) atoms. The van der Waals surface area contributed by atoms with Crippen LogP contribution >= 0.6 is 0 Å². The average Bonchev–Trinajstić information content (AvgIpc) is 3.09. The van der Waals surface area contributed by atoms with Crippen LogP contribution < -0.4 is 0 Å². The van der Waals surface area contributed by atoms with Crippen molar-refractivity contribution in [3.63, 3.8) is 0 Å². The van der Waals surface area contributed by atoms with Gasteiger partial charge < -0.3 is 9.52 Å². The van der Waals surface area contributed by atoms with E-state index in [1.807, 2.05) is 31.2 Å². The third kappa shape index (κ3) is 2.43. The first-order valence-electron chi connectivity index (χ1n) is 6.42. The van der Waals surface area contributed by atoms with E-state index >= 15 is 0 Å². The number of benzene rings is 1. The normalized spacial score (nSPS) is 10.7. The summed E-state index contributed by atoms with van der Waals surface area (Å²) in [7, 11) is 0. The molecule has 0 radical (unpaired) electrons. The van der Waals surface area contributed by atoms with E-state index in [4.69, 9.17) is 4.42 Å². The van der Waals surface area contributed by atoms with Crippen molar-refractivity contribution in [1.82, 2.24) is 15.0 Å². The number of aryl methyl sites for hydroxylation is 1. The Labute approximate surface area is 120 Å². The van der Waals surface area contributed by atoms with Crippen LogP contribution in [0.15, 0.2) is 47.1 Å². The van der Waals surface area contributed by atoms with Crippen LogP contribution in [0.5, 0.6) is 0 Å². The molecule has 2 aromatic heterocycles. The number of rotatable bonds is 4. The van der Waals surface area contributed by atoms with Crippen LogP contribution in [0, 0.1) is 6.92 Å². The molecule has 106 valence electrons. The van der Waals surface area contributed by atoms with Gasteiger partial charge in [-0.15, -0.1) is 5.10 Å². The SMILES string of the molecule is Cc1ccccc1Cn1nnc(C(=O)O)c1-c1ccco1. The first-order valence-corrected chi connectivity index (χ1v) is 6.42. The van der Waals surface area contributed by atoms with Crippen LogP contribution in [-0.4, -0.2) is 26.1 Å². The van der Waals surface area contributed by atoms with E-state index in [1.54, 1.807) is 16.8 Å². The van der Waals surface area contributed by atoms with E-state index in [9.17, 15) is 9.90 Å². The van der Waals surface area contributed by atoms with Gasteiger partial charge in [-0.05, 0) is 30.2 Å². The highest BCUT2D eigenvalue weighted by atomic mass is 16.4. The van der Waals surface area contributed by atoms with Crippen molar-refractivity contribution in [3.8, 4) is 11.5 Å². The molecule has 6 heteroatoms. The van der Waals surface area contributed by atoms with E-state index < -0.39 is 5.97 Å². The summed E-state index contributed by atoms with van der Waals surface area (Å²) >= 11 is 0. The highest BCUT2D eigenvalue weighted by molar-refractivity contribution is 5.91. The molecule has 6 nitrogen and oxygen atoms in total. The van der Waals surface area contributed by atoms with E-state index in [2.05, 4.69) is 10.3 Å². The molecule has 0 aliphatic heterocycles. The Kier molecular flexibility index (Phi) is 3.27. The molecule has 0 bridgehead atoms. The van der Waals surface area contributed by atoms with Crippen molar-refractivity contribution in [2.45, 2.75) is 13.5 Å². The summed E-state index contributed by atoms with van der Waals surface area (Å²) in [5, 5.41) is 16.9. The van der Waals surface area contributed by atoms with Crippen molar-refractivity contribution in [3.05, 3.63) is 59.5 Å². The first kappa shape index (κ1) is 13.1. The van der Waals surface area contributed by atoms with Gasteiger partial charge >= 0.3 is 5.97 Å². The third-order valence-electron chi connectivity index (χ3n) is 3.27. The van der Waals surface area contributed by atoms with Gasteiger partial charge in [-0.3, -0.25) is 0 Å². The number of carbonyl (C=O) groups is 1. The predicted octanol–water partition coefficient (Wildman–Crippen LogP) is 2.59. The molecule has 0 fully saturated rings. The van der Waals surface area contributed by atoms with Crippen LogP contribution in [0.2, 0.25) is 0 Å². The van der Waals surface area contributed by atoms with Crippen LogP contribution in [0.3, 0.4) is 0 Å². The van der Waals surface area contributed by atoms with Crippen molar-refractivity contribution in [2.24, 2.45) is 0 Å². The molecule has 0 aliphatic rings. The lowest BCUT2D eigenvalue weighted by molar-refractivity contribution is 0.0691. The topological polar surface area (TPSA) is 81.2 Å². The monoisotopic (exact) mass is 283 g/mol. The number of nitrogens with zero attached hydrogens (tertiary/aromatic N) is 3. The zero-order chi connectivity index (χ0) is 14.8. The summed E-state index contributed by atoms with van der Waals surface area (Å²) in [6, 6.07) is 11.3. The molecule has 0 spiro atoms. The van der Waals surface area contributed by atoms with Crippen LogP contribution in [-0.2, 0) is 6.54 Å². The minimum absolute atomic E-state index is 0.112. The number of carboxylic acid groups (broad SMARTS) is 1. The highest BCUT2D eigenvalue weighted by Crippen LogP contribution is 2.24. The molecule has 2 heterocycles. The second-order valence-corrected chi connectivity index (χ2v) is 4.65. The Balaban J connectivity index is 2.08. The van der Waals surface area contributed by atoms with Gasteiger partial charge in [0, 0.05) is 0 Å². The molecule has 0 saturated carbocycles. The average molecular weight is 283 g/mol. The Morgan fingerprint density at radius 1 is 1.29 bits per heavy atom. The number of hydrogen-bond acceptors (Lipinski definition) is 4. The minimum Gasteiger partial charge on any atom is -0.476 e. The molecular weight excluding hydrogens is 270 g/mol. The van der Waals surface area contributed by atoms with Gasteiger partial charge in [-0.2, -0.15) is 0 Å². The van der Waals surface area contributed by atoms with Crippen LogP contribution in [0.1, 0.15) is 21.6 Å². The standard InChI is InChI=1S/C15H13N3O3/c1-10-5-2-3-6-11(10)9-18-14(12-7-4-8-21-12)13(15(19)20)16-17-18/h2-8H,9H2,1H3,(H,19,20). The van der Waals surface area contributed by atoms with Gasteiger partial charge in [0.1, 0.15) is 5.69 Å². The molecular formula is C15H13N3O3. The van der Waals surface area contributed by atoms with Crippen LogP contribution in [0.4, 0.5) is 0 Å². The van der Waals surface area contributed by atoms with E-state index in [0.29, 0.717) is 18.0 Å². The summed E-state index contributed by atoms with van der Waals surface area (Å²) in [4.78, 5) is 11.3. The van der Waals surface area contributed by atoms with Gasteiger partial charge in [-0.25, -0.2) is 9.48 Å². The lowest BCUT2D eigenvalue weighted by Crippen LogP contribution is -2.06. The zero-order valence-corrected chi connectivity index (χ0v) is 11.4.